The standard InChI is InChI=1S/C21H33FN4O.HI/c1-20(2,16-8-10-17(22)11-9-16)14-24-19(23-3)25-15-21(12-6-7-13-21)18(27)26(4)5;/h8-11H,6-7,12-15H2,1-5H3,(H2,23,24,25);1H. The van der Waals surface area contributed by atoms with Crippen LogP contribution in [0.25, 0.3) is 0 Å². The number of nitrogens with one attached hydrogen (secondary N) is 2. The molecule has 158 valence electrons. The van der Waals surface area contributed by atoms with Crippen LogP contribution in [0.4, 0.5) is 4.39 Å². The smallest absolute Gasteiger partial charge is 0.230 e. The van der Waals surface area contributed by atoms with E-state index in [1.807, 2.05) is 26.2 Å². The highest BCUT2D eigenvalue weighted by Crippen LogP contribution is 2.38. The number of hydrogen-bond donors (Lipinski definition) is 2. The van der Waals surface area contributed by atoms with Crippen molar-refractivity contribution in [3.8, 4) is 0 Å². The second-order valence-electron chi connectivity index (χ2n) is 8.36. The van der Waals surface area contributed by atoms with Gasteiger partial charge in [-0.05, 0) is 30.5 Å². The number of amides is 1. The van der Waals surface area contributed by atoms with Gasteiger partial charge in [0, 0.05) is 39.6 Å². The first-order chi connectivity index (χ1) is 12.7. The van der Waals surface area contributed by atoms with Gasteiger partial charge in [0.15, 0.2) is 5.96 Å². The second-order valence-corrected chi connectivity index (χ2v) is 8.36. The molecule has 1 saturated carbocycles. The fourth-order valence-electron chi connectivity index (χ4n) is 3.77. The predicted molar refractivity (Wildman–Crippen MR) is 124 cm³/mol. The van der Waals surface area contributed by atoms with Crippen molar-refractivity contribution in [1.29, 1.82) is 0 Å². The molecule has 0 aromatic heterocycles. The van der Waals surface area contributed by atoms with E-state index >= 15 is 0 Å². The molecule has 0 atom stereocenters. The topological polar surface area (TPSA) is 56.7 Å². The molecule has 1 aliphatic carbocycles. The van der Waals surface area contributed by atoms with Crippen molar-refractivity contribution in [2.75, 3.05) is 34.2 Å². The van der Waals surface area contributed by atoms with Gasteiger partial charge in [0.25, 0.3) is 0 Å². The zero-order valence-corrected chi connectivity index (χ0v) is 20.0. The maximum Gasteiger partial charge on any atom is 0.230 e. The number of guanidine groups is 1. The first-order valence-corrected chi connectivity index (χ1v) is 9.62. The Morgan fingerprint density at radius 1 is 1.18 bits per heavy atom. The van der Waals surface area contributed by atoms with Crippen LogP contribution in [0.1, 0.15) is 45.1 Å². The summed E-state index contributed by atoms with van der Waals surface area (Å²) in [5.41, 5.74) is 0.533. The molecule has 2 N–H and O–H groups in total. The molecule has 1 amide bonds. The molecule has 0 aliphatic heterocycles. The van der Waals surface area contributed by atoms with Gasteiger partial charge in [-0.25, -0.2) is 4.39 Å². The van der Waals surface area contributed by atoms with E-state index in [2.05, 4.69) is 29.5 Å². The van der Waals surface area contributed by atoms with Crippen LogP contribution >= 0.6 is 24.0 Å². The van der Waals surface area contributed by atoms with Crippen molar-refractivity contribution in [2.45, 2.75) is 44.9 Å². The van der Waals surface area contributed by atoms with Crippen LogP contribution in [0.3, 0.4) is 0 Å². The number of halogens is 2. The Morgan fingerprint density at radius 2 is 1.75 bits per heavy atom. The summed E-state index contributed by atoms with van der Waals surface area (Å²) in [5, 5.41) is 6.70. The molecule has 0 saturated heterocycles. The molecule has 1 fully saturated rings. The van der Waals surface area contributed by atoms with E-state index < -0.39 is 0 Å². The minimum atomic E-state index is -0.340. The third-order valence-corrected chi connectivity index (χ3v) is 5.56. The highest BCUT2D eigenvalue weighted by atomic mass is 127. The van der Waals surface area contributed by atoms with E-state index in [9.17, 15) is 9.18 Å². The first-order valence-electron chi connectivity index (χ1n) is 9.62. The molecule has 7 heteroatoms. The Labute approximate surface area is 185 Å². The summed E-state index contributed by atoms with van der Waals surface area (Å²) >= 11 is 0. The second kappa shape index (κ2) is 10.4. The minimum Gasteiger partial charge on any atom is -0.356 e. The fraction of sp³-hybridized carbons (Fsp3) is 0.619. The highest BCUT2D eigenvalue weighted by molar-refractivity contribution is 14.0. The number of carbonyl (C=O) groups is 1. The summed E-state index contributed by atoms with van der Waals surface area (Å²) in [6, 6.07) is 6.61. The maximum atomic E-state index is 13.2. The van der Waals surface area contributed by atoms with E-state index in [1.165, 1.54) is 12.1 Å². The predicted octanol–water partition coefficient (Wildman–Crippen LogP) is 3.53. The van der Waals surface area contributed by atoms with Crippen molar-refractivity contribution < 1.29 is 9.18 Å². The average molecular weight is 504 g/mol. The molecule has 0 heterocycles. The zero-order valence-electron chi connectivity index (χ0n) is 17.6. The molecule has 1 aromatic carbocycles. The Kier molecular flexibility index (Phi) is 9.17. The monoisotopic (exact) mass is 504 g/mol. The molecular weight excluding hydrogens is 470 g/mol. The molecule has 1 aromatic rings. The Bertz CT molecular complexity index is 667. The van der Waals surface area contributed by atoms with Gasteiger partial charge in [0.1, 0.15) is 5.82 Å². The molecule has 0 radical (unpaired) electrons. The fourth-order valence-corrected chi connectivity index (χ4v) is 3.77. The van der Waals surface area contributed by atoms with Crippen LogP contribution in [-0.2, 0) is 10.2 Å². The van der Waals surface area contributed by atoms with Crippen LogP contribution < -0.4 is 10.6 Å². The van der Waals surface area contributed by atoms with E-state index in [0.717, 1.165) is 31.2 Å². The van der Waals surface area contributed by atoms with E-state index in [4.69, 9.17) is 0 Å². The van der Waals surface area contributed by atoms with Crippen molar-refractivity contribution in [1.82, 2.24) is 15.5 Å². The van der Waals surface area contributed by atoms with Gasteiger partial charge in [-0.15, -0.1) is 24.0 Å². The Balaban J connectivity index is 0.00000392. The van der Waals surface area contributed by atoms with Crippen molar-refractivity contribution in [3.63, 3.8) is 0 Å². The van der Waals surface area contributed by atoms with Crippen LogP contribution in [0.5, 0.6) is 0 Å². The lowest BCUT2D eigenvalue weighted by molar-refractivity contribution is -0.138. The lowest BCUT2D eigenvalue weighted by atomic mass is 9.84. The molecule has 0 unspecified atom stereocenters. The van der Waals surface area contributed by atoms with E-state index in [0.29, 0.717) is 19.0 Å². The number of hydrogen-bond acceptors (Lipinski definition) is 2. The Morgan fingerprint density at radius 3 is 2.25 bits per heavy atom. The van der Waals surface area contributed by atoms with Gasteiger partial charge in [-0.1, -0.05) is 38.8 Å². The normalized spacial score (nSPS) is 16.3. The summed E-state index contributed by atoms with van der Waals surface area (Å²) in [7, 11) is 5.37. The quantitative estimate of drug-likeness (QED) is 0.354. The molecule has 2 rings (SSSR count). The molecule has 0 bridgehead atoms. The number of carbonyl (C=O) groups excluding carboxylic acids is 1. The number of rotatable bonds is 6. The summed E-state index contributed by atoms with van der Waals surface area (Å²) in [6.45, 7) is 5.44. The molecular formula is C21H34FIN4O. The van der Waals surface area contributed by atoms with Gasteiger partial charge in [-0.3, -0.25) is 9.79 Å². The van der Waals surface area contributed by atoms with Gasteiger partial charge >= 0.3 is 0 Å². The highest BCUT2D eigenvalue weighted by Gasteiger charge is 2.42. The number of nitrogens with zero attached hydrogens (tertiary/aromatic N) is 2. The van der Waals surface area contributed by atoms with Crippen molar-refractivity contribution in [2.24, 2.45) is 10.4 Å². The summed E-state index contributed by atoms with van der Waals surface area (Å²) in [4.78, 5) is 18.7. The van der Waals surface area contributed by atoms with Crippen molar-refractivity contribution in [3.05, 3.63) is 35.6 Å². The third-order valence-electron chi connectivity index (χ3n) is 5.56. The van der Waals surface area contributed by atoms with Gasteiger partial charge in [0.2, 0.25) is 5.91 Å². The van der Waals surface area contributed by atoms with E-state index in [1.54, 1.807) is 11.9 Å². The third kappa shape index (κ3) is 6.06. The van der Waals surface area contributed by atoms with Gasteiger partial charge < -0.3 is 15.5 Å². The first kappa shape index (κ1) is 24.7. The zero-order chi connectivity index (χ0) is 20.1. The maximum absolute atomic E-state index is 13.2. The summed E-state index contributed by atoms with van der Waals surface area (Å²) in [5.74, 6) is 0.644. The lowest BCUT2D eigenvalue weighted by Crippen LogP contribution is -2.50. The Hall–Kier alpha value is -1.38. The van der Waals surface area contributed by atoms with Crippen LogP contribution in [0, 0.1) is 11.2 Å². The molecule has 28 heavy (non-hydrogen) atoms. The lowest BCUT2D eigenvalue weighted by Gasteiger charge is -2.32. The largest absolute Gasteiger partial charge is 0.356 e. The summed E-state index contributed by atoms with van der Waals surface area (Å²) < 4.78 is 13.2. The van der Waals surface area contributed by atoms with Crippen LogP contribution in [-0.4, -0.2) is 51.0 Å². The van der Waals surface area contributed by atoms with Crippen LogP contribution in [0.2, 0.25) is 0 Å². The minimum absolute atomic E-state index is 0. The van der Waals surface area contributed by atoms with Crippen LogP contribution in [0.15, 0.2) is 29.3 Å². The summed E-state index contributed by atoms with van der Waals surface area (Å²) in [6.07, 6.45) is 4.00. The van der Waals surface area contributed by atoms with Gasteiger partial charge in [-0.2, -0.15) is 0 Å². The molecule has 1 aliphatic rings. The SMILES string of the molecule is CN=C(NCC1(C(=O)N(C)C)CCCC1)NCC(C)(C)c1ccc(F)cc1.I. The molecule has 5 nitrogen and oxygen atoms in total. The number of aliphatic imine (C=N–C) groups is 1. The van der Waals surface area contributed by atoms with E-state index in [-0.39, 0.29) is 46.5 Å². The number of benzene rings is 1. The van der Waals surface area contributed by atoms with Gasteiger partial charge in [0.05, 0.1) is 5.41 Å². The van der Waals surface area contributed by atoms with Crippen molar-refractivity contribution >= 4 is 35.8 Å². The molecule has 0 spiro atoms. The average Bonchev–Trinajstić information content (AvgIpc) is 3.11.